The van der Waals surface area contributed by atoms with Crippen LogP contribution in [0.1, 0.15) is 12.5 Å². The van der Waals surface area contributed by atoms with Gasteiger partial charge in [-0.2, -0.15) is 0 Å². The maximum Gasteiger partial charge on any atom is 0.241 e. The second kappa shape index (κ2) is 7.89. The van der Waals surface area contributed by atoms with Crippen molar-refractivity contribution in [1.29, 1.82) is 0 Å². The number of piperazine rings is 1. The Kier molecular flexibility index (Phi) is 5.61. The maximum absolute atomic E-state index is 12.5. The van der Waals surface area contributed by atoms with E-state index >= 15 is 0 Å². The first-order valence-electron chi connectivity index (χ1n) is 8.65. The van der Waals surface area contributed by atoms with Crippen molar-refractivity contribution in [3.05, 3.63) is 59.1 Å². The lowest BCUT2D eigenvalue weighted by Gasteiger charge is -2.38. The molecule has 1 unspecified atom stereocenters. The minimum Gasteiger partial charge on any atom is -0.369 e. The van der Waals surface area contributed by atoms with Crippen LogP contribution in [0.15, 0.2) is 48.5 Å². The summed E-state index contributed by atoms with van der Waals surface area (Å²) in [6.07, 6.45) is 0. The predicted molar refractivity (Wildman–Crippen MR) is 105 cm³/mol. The highest BCUT2D eigenvalue weighted by molar-refractivity contribution is 6.30. The number of anilines is 2. The molecule has 5 heteroatoms. The van der Waals surface area contributed by atoms with Gasteiger partial charge in [0, 0.05) is 42.6 Å². The standard InChI is InChI=1S/C20H24ClN3O/c1-15-6-8-19(9-7-15)24-12-10-23(11-13-24)16(2)20(25)22-18-5-3-4-17(21)14-18/h3-9,14,16H,10-13H2,1-2H3,(H,22,25). The van der Waals surface area contributed by atoms with E-state index in [9.17, 15) is 4.79 Å². The van der Waals surface area contributed by atoms with Crippen molar-refractivity contribution in [2.75, 3.05) is 36.4 Å². The van der Waals surface area contributed by atoms with Crippen LogP contribution >= 0.6 is 11.6 Å². The molecule has 1 saturated heterocycles. The molecule has 0 spiro atoms. The van der Waals surface area contributed by atoms with Gasteiger partial charge in [0.2, 0.25) is 5.91 Å². The molecule has 1 atom stereocenters. The Bertz CT molecular complexity index is 724. The maximum atomic E-state index is 12.5. The molecule has 0 aromatic heterocycles. The molecule has 1 aliphatic heterocycles. The smallest absolute Gasteiger partial charge is 0.241 e. The summed E-state index contributed by atoms with van der Waals surface area (Å²) in [5, 5.41) is 3.57. The minimum absolute atomic E-state index is 0.00560. The minimum atomic E-state index is -0.167. The Morgan fingerprint density at radius 3 is 2.40 bits per heavy atom. The Morgan fingerprint density at radius 1 is 1.08 bits per heavy atom. The second-order valence-electron chi connectivity index (χ2n) is 6.53. The van der Waals surface area contributed by atoms with E-state index in [1.807, 2.05) is 19.1 Å². The van der Waals surface area contributed by atoms with Gasteiger partial charge in [-0.3, -0.25) is 9.69 Å². The van der Waals surface area contributed by atoms with Gasteiger partial charge in [0.15, 0.2) is 0 Å². The molecule has 0 aliphatic carbocycles. The summed E-state index contributed by atoms with van der Waals surface area (Å²) < 4.78 is 0. The molecule has 1 heterocycles. The number of hydrogen-bond acceptors (Lipinski definition) is 3. The van der Waals surface area contributed by atoms with Crippen molar-refractivity contribution < 1.29 is 4.79 Å². The zero-order valence-corrected chi connectivity index (χ0v) is 15.5. The normalized spacial score (nSPS) is 16.5. The molecule has 132 valence electrons. The van der Waals surface area contributed by atoms with Crippen LogP contribution in [0.25, 0.3) is 0 Å². The van der Waals surface area contributed by atoms with Gasteiger partial charge in [-0.05, 0) is 44.2 Å². The van der Waals surface area contributed by atoms with Crippen LogP contribution in [0.5, 0.6) is 0 Å². The Morgan fingerprint density at radius 2 is 1.76 bits per heavy atom. The summed E-state index contributed by atoms with van der Waals surface area (Å²) in [5.74, 6) is 0.00560. The second-order valence-corrected chi connectivity index (χ2v) is 6.97. The van der Waals surface area contributed by atoms with Gasteiger partial charge < -0.3 is 10.2 Å². The first-order valence-corrected chi connectivity index (χ1v) is 9.03. The zero-order valence-electron chi connectivity index (χ0n) is 14.7. The molecule has 2 aromatic rings. The fourth-order valence-corrected chi connectivity index (χ4v) is 3.29. The molecule has 1 amide bonds. The average molecular weight is 358 g/mol. The summed E-state index contributed by atoms with van der Waals surface area (Å²) in [6, 6.07) is 15.7. The third-order valence-corrected chi connectivity index (χ3v) is 4.97. The Hall–Kier alpha value is -2.04. The molecular weight excluding hydrogens is 334 g/mol. The van der Waals surface area contributed by atoms with E-state index in [2.05, 4.69) is 46.3 Å². The fraction of sp³-hybridized carbons (Fsp3) is 0.350. The van der Waals surface area contributed by atoms with Gasteiger partial charge in [0.25, 0.3) is 0 Å². The average Bonchev–Trinajstić information content (AvgIpc) is 2.62. The van der Waals surface area contributed by atoms with Crippen LogP contribution in [0, 0.1) is 6.92 Å². The van der Waals surface area contributed by atoms with Gasteiger partial charge in [-0.25, -0.2) is 0 Å². The SMILES string of the molecule is Cc1ccc(N2CCN(C(C)C(=O)Nc3cccc(Cl)c3)CC2)cc1. The molecule has 0 radical (unpaired) electrons. The Balaban J connectivity index is 1.54. The number of amides is 1. The van der Waals surface area contributed by atoms with Crippen LogP contribution in [0.2, 0.25) is 5.02 Å². The number of benzene rings is 2. The third-order valence-electron chi connectivity index (χ3n) is 4.73. The van der Waals surface area contributed by atoms with Crippen LogP contribution < -0.4 is 10.2 Å². The van der Waals surface area contributed by atoms with Gasteiger partial charge in [-0.15, -0.1) is 0 Å². The largest absolute Gasteiger partial charge is 0.369 e. The van der Waals surface area contributed by atoms with Crippen molar-refractivity contribution in [1.82, 2.24) is 4.90 Å². The van der Waals surface area contributed by atoms with E-state index in [0.29, 0.717) is 5.02 Å². The Labute approximate surface area is 154 Å². The molecule has 1 aliphatic rings. The van der Waals surface area contributed by atoms with E-state index in [4.69, 9.17) is 11.6 Å². The van der Waals surface area contributed by atoms with E-state index in [0.717, 1.165) is 31.9 Å². The summed E-state index contributed by atoms with van der Waals surface area (Å²) >= 11 is 5.97. The summed E-state index contributed by atoms with van der Waals surface area (Å²) in [5.41, 5.74) is 3.26. The molecule has 1 fully saturated rings. The highest BCUT2D eigenvalue weighted by atomic mass is 35.5. The number of halogens is 1. The van der Waals surface area contributed by atoms with Crippen molar-refractivity contribution in [3.8, 4) is 0 Å². The number of nitrogens with one attached hydrogen (secondary N) is 1. The first kappa shape index (κ1) is 17.8. The van der Waals surface area contributed by atoms with Gasteiger partial charge in [0.1, 0.15) is 0 Å². The molecule has 2 aromatic carbocycles. The summed E-state index contributed by atoms with van der Waals surface area (Å²) in [6.45, 7) is 7.66. The zero-order chi connectivity index (χ0) is 17.8. The predicted octanol–water partition coefficient (Wildman–Crippen LogP) is 3.80. The lowest BCUT2D eigenvalue weighted by molar-refractivity contribution is -0.120. The molecular formula is C20H24ClN3O. The summed E-state index contributed by atoms with van der Waals surface area (Å²) in [7, 11) is 0. The van der Waals surface area contributed by atoms with Crippen molar-refractivity contribution in [3.63, 3.8) is 0 Å². The molecule has 4 nitrogen and oxygen atoms in total. The van der Waals surface area contributed by atoms with Gasteiger partial charge >= 0.3 is 0 Å². The molecule has 1 N–H and O–H groups in total. The lowest BCUT2D eigenvalue weighted by atomic mass is 10.1. The van der Waals surface area contributed by atoms with Crippen LogP contribution in [-0.4, -0.2) is 43.0 Å². The molecule has 3 rings (SSSR count). The van der Waals surface area contributed by atoms with Crippen LogP contribution in [0.4, 0.5) is 11.4 Å². The fourth-order valence-electron chi connectivity index (χ4n) is 3.10. The number of hydrogen-bond donors (Lipinski definition) is 1. The number of nitrogens with zero attached hydrogens (tertiary/aromatic N) is 2. The molecule has 25 heavy (non-hydrogen) atoms. The van der Waals surface area contributed by atoms with E-state index in [1.165, 1.54) is 11.3 Å². The number of aryl methyl sites for hydroxylation is 1. The van der Waals surface area contributed by atoms with Gasteiger partial charge in [-0.1, -0.05) is 35.4 Å². The lowest BCUT2D eigenvalue weighted by Crippen LogP contribution is -2.52. The molecule has 0 saturated carbocycles. The van der Waals surface area contributed by atoms with Crippen LogP contribution in [0.3, 0.4) is 0 Å². The van der Waals surface area contributed by atoms with Crippen molar-refractivity contribution in [2.45, 2.75) is 19.9 Å². The molecule has 0 bridgehead atoms. The number of rotatable bonds is 4. The van der Waals surface area contributed by atoms with Crippen molar-refractivity contribution >= 4 is 28.9 Å². The first-order chi connectivity index (χ1) is 12.0. The van der Waals surface area contributed by atoms with Crippen LogP contribution in [-0.2, 0) is 4.79 Å². The number of carbonyl (C=O) groups excluding carboxylic acids is 1. The number of carbonyl (C=O) groups is 1. The van der Waals surface area contributed by atoms with Gasteiger partial charge in [0.05, 0.1) is 6.04 Å². The highest BCUT2D eigenvalue weighted by Gasteiger charge is 2.25. The third kappa shape index (κ3) is 4.53. The van der Waals surface area contributed by atoms with E-state index in [1.54, 1.807) is 12.1 Å². The van der Waals surface area contributed by atoms with E-state index in [-0.39, 0.29) is 11.9 Å². The highest BCUT2D eigenvalue weighted by Crippen LogP contribution is 2.19. The topological polar surface area (TPSA) is 35.6 Å². The quantitative estimate of drug-likeness (QED) is 0.904. The van der Waals surface area contributed by atoms with Crippen molar-refractivity contribution in [2.24, 2.45) is 0 Å². The monoisotopic (exact) mass is 357 g/mol. The van der Waals surface area contributed by atoms with E-state index < -0.39 is 0 Å². The summed E-state index contributed by atoms with van der Waals surface area (Å²) in [4.78, 5) is 17.1.